The van der Waals surface area contributed by atoms with Gasteiger partial charge in [0, 0.05) is 25.9 Å². The smallest absolute Gasteiger partial charge is 0.222 e. The lowest BCUT2D eigenvalue weighted by molar-refractivity contribution is -0.132. The van der Waals surface area contributed by atoms with Crippen LogP contribution in [-0.2, 0) is 17.8 Å². The van der Waals surface area contributed by atoms with Crippen molar-refractivity contribution in [1.82, 2.24) is 4.90 Å². The van der Waals surface area contributed by atoms with Gasteiger partial charge in [0.05, 0.1) is 18.2 Å². The Balaban J connectivity index is 1.60. The first-order valence-corrected chi connectivity index (χ1v) is 11.3. The molecule has 0 spiro atoms. The van der Waals surface area contributed by atoms with Gasteiger partial charge in [-0.2, -0.15) is 0 Å². The van der Waals surface area contributed by atoms with E-state index in [-0.39, 0.29) is 5.91 Å². The predicted molar refractivity (Wildman–Crippen MR) is 121 cm³/mol. The molecule has 4 nitrogen and oxygen atoms in total. The fraction of sp³-hybridized carbons (Fsp3) is 0.480. The van der Waals surface area contributed by atoms with Crippen LogP contribution < -0.4 is 9.47 Å². The molecule has 0 unspecified atom stereocenters. The van der Waals surface area contributed by atoms with E-state index in [4.69, 9.17) is 21.1 Å². The van der Waals surface area contributed by atoms with Crippen molar-refractivity contribution in [3.8, 4) is 11.5 Å². The van der Waals surface area contributed by atoms with Gasteiger partial charge in [-0.15, -0.1) is 0 Å². The molecule has 0 fully saturated rings. The lowest BCUT2D eigenvalue weighted by atomic mass is 10.1. The Kier molecular flexibility index (Phi) is 8.44. The zero-order chi connectivity index (χ0) is 21.3. The molecule has 1 aliphatic rings. The van der Waals surface area contributed by atoms with Crippen LogP contribution in [0.25, 0.3) is 0 Å². The number of carbonyl (C=O) groups is 1. The van der Waals surface area contributed by atoms with Crippen molar-refractivity contribution in [3.63, 3.8) is 0 Å². The molecule has 0 saturated heterocycles. The monoisotopic (exact) mass is 429 g/mol. The molecular weight excluding hydrogens is 398 g/mol. The molecule has 0 aromatic heterocycles. The maximum absolute atomic E-state index is 13.0. The summed E-state index contributed by atoms with van der Waals surface area (Å²) < 4.78 is 11.5. The molecule has 162 valence electrons. The van der Waals surface area contributed by atoms with Gasteiger partial charge in [0.15, 0.2) is 11.5 Å². The Morgan fingerprint density at radius 1 is 1.07 bits per heavy atom. The first kappa shape index (κ1) is 22.5. The number of fused-ring (bicyclic) bond motifs is 1. The van der Waals surface area contributed by atoms with Crippen LogP contribution in [0.1, 0.15) is 50.7 Å². The van der Waals surface area contributed by atoms with Gasteiger partial charge in [-0.3, -0.25) is 4.79 Å². The highest BCUT2D eigenvalue weighted by atomic mass is 35.5. The lowest BCUT2D eigenvalue weighted by Gasteiger charge is -2.25. The second-order valence-corrected chi connectivity index (χ2v) is 8.72. The van der Waals surface area contributed by atoms with E-state index in [0.29, 0.717) is 48.6 Å². The van der Waals surface area contributed by atoms with E-state index in [0.717, 1.165) is 37.8 Å². The van der Waals surface area contributed by atoms with E-state index in [1.54, 1.807) is 0 Å². The number of amides is 1. The van der Waals surface area contributed by atoms with Gasteiger partial charge in [0.1, 0.15) is 0 Å². The number of hydrogen-bond acceptors (Lipinski definition) is 3. The van der Waals surface area contributed by atoms with Crippen molar-refractivity contribution < 1.29 is 14.3 Å². The molecule has 2 aromatic carbocycles. The van der Waals surface area contributed by atoms with Crippen LogP contribution in [0.3, 0.4) is 0 Å². The topological polar surface area (TPSA) is 38.8 Å². The van der Waals surface area contributed by atoms with Gasteiger partial charge in [-0.25, -0.2) is 0 Å². The van der Waals surface area contributed by atoms with E-state index in [1.165, 1.54) is 5.56 Å². The summed E-state index contributed by atoms with van der Waals surface area (Å²) in [7, 11) is 0. The normalized spacial score (nSPS) is 13.2. The molecule has 1 heterocycles. The zero-order valence-corrected chi connectivity index (χ0v) is 18.8. The number of rotatable bonds is 9. The molecule has 0 N–H and O–H groups in total. The Morgan fingerprint density at radius 3 is 2.60 bits per heavy atom. The molecule has 3 rings (SSSR count). The molecule has 1 amide bonds. The van der Waals surface area contributed by atoms with Gasteiger partial charge in [0.2, 0.25) is 5.91 Å². The van der Waals surface area contributed by atoms with Crippen molar-refractivity contribution in [1.29, 1.82) is 0 Å². The second-order valence-electron chi connectivity index (χ2n) is 8.32. The molecule has 0 bridgehead atoms. The number of hydrogen-bond donors (Lipinski definition) is 0. The molecule has 0 radical (unpaired) electrons. The summed E-state index contributed by atoms with van der Waals surface area (Å²) in [5.74, 6) is 1.88. The minimum atomic E-state index is 0.194. The Labute approximate surface area is 185 Å². The highest BCUT2D eigenvalue weighted by molar-refractivity contribution is 6.32. The number of benzene rings is 2. The summed E-state index contributed by atoms with van der Waals surface area (Å²) in [6.07, 6.45) is 4.32. The standard InChI is InChI=1S/C25H32ClNO3/c1-19(2)17-27(24(28)12-7-6-11-20-9-4-3-5-10-20)18-21-15-22(26)25-23(16-21)29-13-8-14-30-25/h3-5,9-10,15-16,19H,6-8,11-14,17-18H2,1-2H3. The second kappa shape index (κ2) is 11.3. The number of aryl methyl sites for hydroxylation is 1. The molecular formula is C25H32ClNO3. The van der Waals surface area contributed by atoms with Gasteiger partial charge < -0.3 is 14.4 Å². The number of nitrogens with zero attached hydrogens (tertiary/aromatic N) is 1. The average Bonchev–Trinajstić information content (AvgIpc) is 2.97. The summed E-state index contributed by atoms with van der Waals surface area (Å²) in [6.45, 7) is 6.75. The van der Waals surface area contributed by atoms with Crippen molar-refractivity contribution >= 4 is 17.5 Å². The van der Waals surface area contributed by atoms with E-state index in [2.05, 4.69) is 38.1 Å². The summed E-state index contributed by atoms with van der Waals surface area (Å²) in [5.41, 5.74) is 2.30. The lowest BCUT2D eigenvalue weighted by Crippen LogP contribution is -2.33. The molecule has 0 atom stereocenters. The van der Waals surface area contributed by atoms with Crippen LogP contribution >= 0.6 is 11.6 Å². The highest BCUT2D eigenvalue weighted by Gasteiger charge is 2.19. The summed E-state index contributed by atoms with van der Waals surface area (Å²) >= 11 is 6.44. The number of halogens is 1. The molecule has 1 aliphatic heterocycles. The van der Waals surface area contributed by atoms with Crippen LogP contribution in [0, 0.1) is 5.92 Å². The first-order valence-electron chi connectivity index (χ1n) is 10.9. The fourth-order valence-electron chi connectivity index (χ4n) is 3.70. The van der Waals surface area contributed by atoms with Crippen LogP contribution in [0.5, 0.6) is 11.5 Å². The predicted octanol–water partition coefficient (Wildman–Crippen LogP) is 5.90. The molecule has 30 heavy (non-hydrogen) atoms. The van der Waals surface area contributed by atoms with Crippen LogP contribution in [-0.4, -0.2) is 30.6 Å². The maximum Gasteiger partial charge on any atom is 0.222 e. The van der Waals surface area contributed by atoms with E-state index < -0.39 is 0 Å². The zero-order valence-electron chi connectivity index (χ0n) is 18.0. The van der Waals surface area contributed by atoms with Crippen LogP contribution in [0.2, 0.25) is 5.02 Å². The SMILES string of the molecule is CC(C)CN(Cc1cc(Cl)c2c(c1)OCCCO2)C(=O)CCCCc1ccccc1. The van der Waals surface area contributed by atoms with Gasteiger partial charge in [-0.1, -0.05) is 55.8 Å². The summed E-state index contributed by atoms with van der Waals surface area (Å²) in [5, 5.41) is 0.546. The van der Waals surface area contributed by atoms with E-state index >= 15 is 0 Å². The van der Waals surface area contributed by atoms with E-state index in [9.17, 15) is 4.79 Å². The average molecular weight is 430 g/mol. The van der Waals surface area contributed by atoms with Crippen LogP contribution in [0.15, 0.2) is 42.5 Å². The Bertz CT molecular complexity index is 823. The third kappa shape index (κ3) is 6.66. The molecule has 5 heteroatoms. The highest BCUT2D eigenvalue weighted by Crippen LogP contribution is 2.38. The van der Waals surface area contributed by atoms with Crippen molar-refractivity contribution in [3.05, 3.63) is 58.6 Å². The fourth-order valence-corrected chi connectivity index (χ4v) is 3.99. The molecule has 0 aliphatic carbocycles. The molecule has 2 aromatic rings. The minimum Gasteiger partial charge on any atom is -0.489 e. The summed E-state index contributed by atoms with van der Waals surface area (Å²) in [6, 6.07) is 14.3. The largest absolute Gasteiger partial charge is 0.489 e. The quantitative estimate of drug-likeness (QED) is 0.466. The number of unbranched alkanes of at least 4 members (excludes halogenated alkanes) is 1. The van der Waals surface area contributed by atoms with Crippen molar-refractivity contribution in [2.24, 2.45) is 5.92 Å². The minimum absolute atomic E-state index is 0.194. The van der Waals surface area contributed by atoms with Gasteiger partial charge in [-0.05, 0) is 48.4 Å². The first-order chi connectivity index (χ1) is 14.5. The Hall–Kier alpha value is -2.20. The summed E-state index contributed by atoms with van der Waals surface area (Å²) in [4.78, 5) is 14.9. The third-order valence-corrected chi connectivity index (χ3v) is 5.40. The van der Waals surface area contributed by atoms with Crippen molar-refractivity contribution in [2.75, 3.05) is 19.8 Å². The number of carbonyl (C=O) groups excluding carboxylic acids is 1. The van der Waals surface area contributed by atoms with Gasteiger partial charge >= 0.3 is 0 Å². The number of ether oxygens (including phenoxy) is 2. The van der Waals surface area contributed by atoms with Gasteiger partial charge in [0.25, 0.3) is 0 Å². The van der Waals surface area contributed by atoms with E-state index in [1.807, 2.05) is 23.1 Å². The maximum atomic E-state index is 13.0. The third-order valence-electron chi connectivity index (χ3n) is 5.12. The molecule has 0 saturated carbocycles. The van der Waals surface area contributed by atoms with Crippen molar-refractivity contribution in [2.45, 2.75) is 52.5 Å². The Morgan fingerprint density at radius 2 is 1.83 bits per heavy atom. The van der Waals surface area contributed by atoms with Crippen LogP contribution in [0.4, 0.5) is 0 Å².